The monoisotopic (exact) mass is 322 g/mol. The van der Waals surface area contributed by atoms with Crippen LogP contribution in [0.2, 0.25) is 0 Å². The molecule has 0 amide bonds. The molecular weight excluding hydrogens is 304 g/mol. The van der Waals surface area contributed by atoms with E-state index in [-0.39, 0.29) is 0 Å². The second-order valence-electron chi connectivity index (χ2n) is 5.18. The summed E-state index contributed by atoms with van der Waals surface area (Å²) in [5, 5.41) is 0. The van der Waals surface area contributed by atoms with E-state index < -0.39 is 0 Å². The van der Waals surface area contributed by atoms with Crippen molar-refractivity contribution in [3.8, 4) is 11.5 Å². The molecule has 0 heterocycles. The standard InChI is InChI=1S/C20H18O2S/c23-18-11-12-19(21-14-16-7-3-1-4-8-16)20(13-18)22-15-17-9-5-2-6-10-17/h1-13,23H,14-15H2. The Bertz CT molecular complexity index is 742. The molecule has 0 unspecified atom stereocenters. The van der Waals surface area contributed by atoms with Crippen molar-refractivity contribution in [1.29, 1.82) is 0 Å². The summed E-state index contributed by atoms with van der Waals surface area (Å²) in [7, 11) is 0. The lowest BCUT2D eigenvalue weighted by Crippen LogP contribution is -2.00. The third-order valence-corrected chi connectivity index (χ3v) is 3.68. The summed E-state index contributed by atoms with van der Waals surface area (Å²) in [6.45, 7) is 1.01. The van der Waals surface area contributed by atoms with Crippen LogP contribution < -0.4 is 9.47 Å². The topological polar surface area (TPSA) is 18.5 Å². The summed E-state index contributed by atoms with van der Waals surface area (Å²) in [5.41, 5.74) is 2.24. The quantitative estimate of drug-likeness (QED) is 0.634. The van der Waals surface area contributed by atoms with Gasteiger partial charge in [0, 0.05) is 4.90 Å². The van der Waals surface area contributed by atoms with E-state index in [1.807, 2.05) is 78.9 Å². The molecule has 3 rings (SSSR count). The first kappa shape index (κ1) is 15.5. The summed E-state index contributed by atoms with van der Waals surface area (Å²) in [6.07, 6.45) is 0. The number of ether oxygens (including phenoxy) is 2. The minimum absolute atomic E-state index is 0.500. The number of hydrogen-bond acceptors (Lipinski definition) is 3. The number of benzene rings is 3. The first-order valence-corrected chi connectivity index (χ1v) is 7.92. The Morgan fingerprint density at radius 3 is 1.70 bits per heavy atom. The van der Waals surface area contributed by atoms with Crippen molar-refractivity contribution < 1.29 is 9.47 Å². The molecule has 0 aliphatic rings. The normalized spacial score (nSPS) is 10.3. The van der Waals surface area contributed by atoms with E-state index in [4.69, 9.17) is 9.47 Å². The molecule has 0 radical (unpaired) electrons. The Morgan fingerprint density at radius 2 is 1.13 bits per heavy atom. The Balaban J connectivity index is 1.70. The molecule has 0 spiro atoms. The molecule has 0 fully saturated rings. The summed E-state index contributed by atoms with van der Waals surface area (Å²) < 4.78 is 11.8. The molecule has 0 aliphatic heterocycles. The van der Waals surface area contributed by atoms with Crippen molar-refractivity contribution in [3.05, 3.63) is 90.0 Å². The van der Waals surface area contributed by atoms with Gasteiger partial charge in [-0.25, -0.2) is 0 Å². The molecular formula is C20H18O2S. The van der Waals surface area contributed by atoms with E-state index in [0.29, 0.717) is 19.0 Å². The van der Waals surface area contributed by atoms with Crippen LogP contribution >= 0.6 is 12.6 Å². The van der Waals surface area contributed by atoms with Crippen LogP contribution in [0.3, 0.4) is 0 Å². The van der Waals surface area contributed by atoms with Crippen LogP contribution in [-0.2, 0) is 13.2 Å². The van der Waals surface area contributed by atoms with Crippen molar-refractivity contribution in [1.82, 2.24) is 0 Å². The molecule has 0 saturated carbocycles. The van der Waals surface area contributed by atoms with Crippen LogP contribution in [0.4, 0.5) is 0 Å². The minimum Gasteiger partial charge on any atom is -0.485 e. The van der Waals surface area contributed by atoms with E-state index in [0.717, 1.165) is 21.8 Å². The smallest absolute Gasteiger partial charge is 0.162 e. The average Bonchev–Trinajstić information content (AvgIpc) is 2.61. The first-order chi connectivity index (χ1) is 11.3. The van der Waals surface area contributed by atoms with E-state index in [1.165, 1.54) is 0 Å². The Morgan fingerprint density at radius 1 is 0.609 bits per heavy atom. The van der Waals surface area contributed by atoms with E-state index in [1.54, 1.807) is 0 Å². The van der Waals surface area contributed by atoms with Gasteiger partial charge in [-0.05, 0) is 29.3 Å². The van der Waals surface area contributed by atoms with Gasteiger partial charge in [0.2, 0.25) is 0 Å². The largest absolute Gasteiger partial charge is 0.485 e. The van der Waals surface area contributed by atoms with Crippen molar-refractivity contribution >= 4 is 12.6 Å². The molecule has 116 valence electrons. The number of rotatable bonds is 6. The van der Waals surface area contributed by atoms with E-state index in [9.17, 15) is 0 Å². The maximum atomic E-state index is 5.92. The minimum atomic E-state index is 0.500. The maximum absolute atomic E-state index is 5.92. The Kier molecular flexibility index (Phi) is 5.22. The predicted octanol–water partition coefficient (Wildman–Crippen LogP) is 5.13. The fourth-order valence-corrected chi connectivity index (χ4v) is 2.39. The zero-order chi connectivity index (χ0) is 15.9. The predicted molar refractivity (Wildman–Crippen MR) is 95.2 cm³/mol. The van der Waals surface area contributed by atoms with Gasteiger partial charge in [0.1, 0.15) is 13.2 Å². The van der Waals surface area contributed by atoms with Crippen LogP contribution in [0.25, 0.3) is 0 Å². The second-order valence-corrected chi connectivity index (χ2v) is 5.70. The van der Waals surface area contributed by atoms with Gasteiger partial charge in [-0.15, -0.1) is 12.6 Å². The molecule has 0 N–H and O–H groups in total. The van der Waals surface area contributed by atoms with Crippen LogP contribution in [0.1, 0.15) is 11.1 Å². The highest BCUT2D eigenvalue weighted by Crippen LogP contribution is 2.31. The van der Waals surface area contributed by atoms with E-state index in [2.05, 4.69) is 12.6 Å². The summed E-state index contributed by atoms with van der Waals surface area (Å²) in [5.74, 6) is 1.43. The van der Waals surface area contributed by atoms with Crippen molar-refractivity contribution in [2.24, 2.45) is 0 Å². The lowest BCUT2D eigenvalue weighted by atomic mass is 10.2. The molecule has 0 aromatic heterocycles. The molecule has 3 aromatic rings. The van der Waals surface area contributed by atoms with Crippen molar-refractivity contribution in [2.75, 3.05) is 0 Å². The molecule has 23 heavy (non-hydrogen) atoms. The molecule has 3 heteroatoms. The van der Waals surface area contributed by atoms with Gasteiger partial charge < -0.3 is 9.47 Å². The summed E-state index contributed by atoms with van der Waals surface area (Å²) in [6, 6.07) is 25.8. The fourth-order valence-electron chi connectivity index (χ4n) is 2.20. The highest BCUT2D eigenvalue weighted by molar-refractivity contribution is 7.80. The Hall–Kier alpha value is -2.39. The fraction of sp³-hybridized carbons (Fsp3) is 0.100. The van der Waals surface area contributed by atoms with Crippen LogP contribution in [0, 0.1) is 0 Å². The Labute approximate surface area is 142 Å². The molecule has 0 saturated heterocycles. The third kappa shape index (κ3) is 4.54. The summed E-state index contributed by atoms with van der Waals surface area (Å²) >= 11 is 4.38. The van der Waals surface area contributed by atoms with Crippen molar-refractivity contribution in [3.63, 3.8) is 0 Å². The maximum Gasteiger partial charge on any atom is 0.162 e. The zero-order valence-corrected chi connectivity index (χ0v) is 13.6. The zero-order valence-electron chi connectivity index (χ0n) is 12.7. The van der Waals surface area contributed by atoms with Gasteiger partial charge in [0.25, 0.3) is 0 Å². The van der Waals surface area contributed by atoms with Gasteiger partial charge in [-0.1, -0.05) is 60.7 Å². The van der Waals surface area contributed by atoms with Gasteiger partial charge in [0.15, 0.2) is 11.5 Å². The van der Waals surface area contributed by atoms with Gasteiger partial charge in [-0.2, -0.15) is 0 Å². The summed E-state index contributed by atoms with van der Waals surface area (Å²) in [4.78, 5) is 0.847. The van der Waals surface area contributed by atoms with E-state index >= 15 is 0 Å². The van der Waals surface area contributed by atoms with Gasteiger partial charge in [0.05, 0.1) is 0 Å². The molecule has 2 nitrogen and oxygen atoms in total. The lowest BCUT2D eigenvalue weighted by molar-refractivity contribution is 0.255. The first-order valence-electron chi connectivity index (χ1n) is 7.48. The molecule has 0 atom stereocenters. The molecule has 0 bridgehead atoms. The highest BCUT2D eigenvalue weighted by atomic mass is 32.1. The molecule has 3 aromatic carbocycles. The number of thiol groups is 1. The highest BCUT2D eigenvalue weighted by Gasteiger charge is 2.07. The average molecular weight is 322 g/mol. The van der Waals surface area contributed by atoms with Crippen LogP contribution in [0.15, 0.2) is 83.8 Å². The second kappa shape index (κ2) is 7.75. The molecule has 0 aliphatic carbocycles. The van der Waals surface area contributed by atoms with Crippen LogP contribution in [0.5, 0.6) is 11.5 Å². The van der Waals surface area contributed by atoms with Gasteiger partial charge in [-0.3, -0.25) is 0 Å². The lowest BCUT2D eigenvalue weighted by Gasteiger charge is -2.13. The third-order valence-electron chi connectivity index (χ3n) is 3.40. The number of hydrogen-bond donors (Lipinski definition) is 1. The van der Waals surface area contributed by atoms with Gasteiger partial charge >= 0.3 is 0 Å². The van der Waals surface area contributed by atoms with Crippen molar-refractivity contribution in [2.45, 2.75) is 18.1 Å². The SMILES string of the molecule is Sc1ccc(OCc2ccccc2)c(OCc2ccccc2)c1. The van der Waals surface area contributed by atoms with Crippen LogP contribution in [-0.4, -0.2) is 0 Å².